The summed E-state index contributed by atoms with van der Waals surface area (Å²) in [6.45, 7) is 1.71. The first-order valence-electron chi connectivity index (χ1n) is 6.97. The quantitative estimate of drug-likeness (QED) is 0.874. The average Bonchev–Trinajstić information content (AvgIpc) is 3.04. The Morgan fingerprint density at radius 2 is 2.04 bits per heavy atom. The molecule has 1 aromatic heterocycles. The number of ketones is 1. The fraction of sp³-hybridized carbons (Fsp3) is 0.176. The van der Waals surface area contributed by atoms with E-state index < -0.39 is 23.5 Å². The fourth-order valence-electron chi connectivity index (χ4n) is 2.71. The van der Waals surface area contributed by atoms with Crippen molar-refractivity contribution in [2.75, 3.05) is 7.05 Å². The van der Waals surface area contributed by atoms with E-state index in [-0.39, 0.29) is 11.3 Å². The molecule has 5 nitrogen and oxygen atoms in total. The van der Waals surface area contributed by atoms with Gasteiger partial charge in [-0.3, -0.25) is 9.59 Å². The molecule has 1 aromatic carbocycles. The molecule has 2 aromatic rings. The van der Waals surface area contributed by atoms with Crippen molar-refractivity contribution in [1.82, 2.24) is 4.90 Å². The lowest BCUT2D eigenvalue weighted by atomic mass is 9.95. The van der Waals surface area contributed by atoms with Gasteiger partial charge in [-0.1, -0.05) is 23.7 Å². The van der Waals surface area contributed by atoms with E-state index in [0.29, 0.717) is 16.3 Å². The van der Waals surface area contributed by atoms with Crippen LogP contribution in [0.15, 0.2) is 52.1 Å². The van der Waals surface area contributed by atoms with Crippen LogP contribution in [0.5, 0.6) is 0 Å². The Morgan fingerprint density at radius 1 is 1.30 bits per heavy atom. The van der Waals surface area contributed by atoms with Crippen molar-refractivity contribution in [1.29, 1.82) is 0 Å². The average molecular weight is 332 g/mol. The second kappa shape index (κ2) is 5.59. The lowest BCUT2D eigenvalue weighted by molar-refractivity contribution is -0.128. The molecule has 1 aliphatic heterocycles. The monoisotopic (exact) mass is 331 g/mol. The molecule has 0 spiro atoms. The molecular weight excluding hydrogens is 318 g/mol. The predicted molar refractivity (Wildman–Crippen MR) is 84.4 cm³/mol. The van der Waals surface area contributed by atoms with Crippen LogP contribution in [0.3, 0.4) is 0 Å². The summed E-state index contributed by atoms with van der Waals surface area (Å²) in [6.07, 6.45) is 0. The smallest absolute Gasteiger partial charge is 0.289 e. The van der Waals surface area contributed by atoms with E-state index in [1.54, 1.807) is 37.3 Å². The predicted octanol–water partition coefficient (Wildman–Crippen LogP) is 3.45. The number of Topliss-reactive ketones (excluding diaryl/α,β-unsaturated/α-hetero) is 1. The van der Waals surface area contributed by atoms with E-state index in [0.717, 1.165) is 0 Å². The molecule has 23 heavy (non-hydrogen) atoms. The Hall–Kier alpha value is -2.53. The third-order valence-corrected chi connectivity index (χ3v) is 4.05. The zero-order valence-electron chi connectivity index (χ0n) is 12.5. The molecule has 0 fully saturated rings. The normalized spacial score (nSPS) is 18.0. The number of carbonyl (C=O) groups is 2. The Bertz CT molecular complexity index is 837. The molecule has 1 aliphatic rings. The van der Waals surface area contributed by atoms with E-state index in [1.807, 2.05) is 0 Å². The van der Waals surface area contributed by atoms with Gasteiger partial charge in [0.2, 0.25) is 5.78 Å². The topological polar surface area (TPSA) is 70.8 Å². The number of hydrogen-bond donors (Lipinski definition) is 1. The molecule has 0 bridgehead atoms. The largest absolute Gasteiger partial charge is 0.503 e. The van der Waals surface area contributed by atoms with Crippen molar-refractivity contribution >= 4 is 23.3 Å². The van der Waals surface area contributed by atoms with Gasteiger partial charge in [-0.05, 0) is 36.8 Å². The summed E-state index contributed by atoms with van der Waals surface area (Å²) in [6, 6.07) is 9.30. The van der Waals surface area contributed by atoms with Gasteiger partial charge in [0, 0.05) is 12.1 Å². The third-order valence-electron chi connectivity index (χ3n) is 3.81. The molecular formula is C17H14ClNO4. The number of aryl methyl sites for hydroxylation is 1. The first kappa shape index (κ1) is 15.4. The van der Waals surface area contributed by atoms with Gasteiger partial charge in [0.15, 0.2) is 11.5 Å². The van der Waals surface area contributed by atoms with E-state index >= 15 is 0 Å². The minimum absolute atomic E-state index is 0.00545. The van der Waals surface area contributed by atoms with Crippen LogP contribution >= 0.6 is 11.6 Å². The highest BCUT2D eigenvalue weighted by molar-refractivity contribution is 6.30. The zero-order valence-corrected chi connectivity index (χ0v) is 13.3. The SMILES string of the molecule is Cc1ccc(C(=O)C2=C(O)C(=O)N(C)C2c2cccc(Cl)c2)o1. The Kier molecular flexibility index (Phi) is 3.74. The van der Waals surface area contributed by atoms with Crippen molar-refractivity contribution in [3.05, 3.63) is 69.8 Å². The number of likely N-dealkylation sites (N-methyl/N-ethyl adjacent to an activating group) is 1. The third kappa shape index (κ3) is 2.53. The molecule has 2 heterocycles. The number of carbonyl (C=O) groups excluding carboxylic acids is 2. The van der Waals surface area contributed by atoms with Gasteiger partial charge in [-0.2, -0.15) is 0 Å². The van der Waals surface area contributed by atoms with Crippen LogP contribution in [0.2, 0.25) is 5.02 Å². The van der Waals surface area contributed by atoms with Gasteiger partial charge in [0.1, 0.15) is 5.76 Å². The lowest BCUT2D eigenvalue weighted by Crippen LogP contribution is -2.26. The van der Waals surface area contributed by atoms with Crippen LogP contribution in [0.4, 0.5) is 0 Å². The number of benzene rings is 1. The lowest BCUT2D eigenvalue weighted by Gasteiger charge is -2.22. The van der Waals surface area contributed by atoms with Crippen LogP contribution in [-0.2, 0) is 4.79 Å². The van der Waals surface area contributed by atoms with Crippen LogP contribution in [0.1, 0.15) is 27.9 Å². The number of hydrogen-bond acceptors (Lipinski definition) is 4. The van der Waals surface area contributed by atoms with Gasteiger partial charge >= 0.3 is 0 Å². The summed E-state index contributed by atoms with van der Waals surface area (Å²) in [7, 11) is 1.53. The number of halogens is 1. The highest BCUT2D eigenvalue weighted by Crippen LogP contribution is 2.38. The number of aliphatic hydroxyl groups is 1. The molecule has 1 atom stereocenters. The number of amides is 1. The molecule has 3 rings (SSSR count). The maximum absolute atomic E-state index is 12.7. The maximum Gasteiger partial charge on any atom is 0.289 e. The summed E-state index contributed by atoms with van der Waals surface area (Å²) in [5, 5.41) is 10.6. The zero-order chi connectivity index (χ0) is 16.7. The second-order valence-electron chi connectivity index (χ2n) is 5.38. The number of nitrogens with zero attached hydrogens (tertiary/aromatic N) is 1. The molecule has 0 radical (unpaired) electrons. The summed E-state index contributed by atoms with van der Waals surface area (Å²) < 4.78 is 5.33. The molecule has 1 N–H and O–H groups in total. The molecule has 0 saturated carbocycles. The van der Waals surface area contributed by atoms with E-state index in [9.17, 15) is 14.7 Å². The number of furan rings is 1. The van der Waals surface area contributed by atoms with Crippen molar-refractivity contribution in [2.45, 2.75) is 13.0 Å². The standard InChI is InChI=1S/C17H14ClNO4/c1-9-6-7-12(23-9)15(20)13-14(19(2)17(22)16(13)21)10-4-3-5-11(18)8-10/h3-8,14,21H,1-2H3. The van der Waals surface area contributed by atoms with Crippen molar-refractivity contribution in [3.63, 3.8) is 0 Å². The van der Waals surface area contributed by atoms with Crippen LogP contribution in [0.25, 0.3) is 0 Å². The van der Waals surface area contributed by atoms with Gasteiger partial charge in [-0.25, -0.2) is 0 Å². The Balaban J connectivity index is 2.10. The highest BCUT2D eigenvalue weighted by atomic mass is 35.5. The fourth-order valence-corrected chi connectivity index (χ4v) is 2.91. The maximum atomic E-state index is 12.7. The minimum atomic E-state index is -0.709. The molecule has 1 unspecified atom stereocenters. The first-order chi connectivity index (χ1) is 10.9. The van der Waals surface area contributed by atoms with Crippen LogP contribution < -0.4 is 0 Å². The molecule has 6 heteroatoms. The van der Waals surface area contributed by atoms with Crippen LogP contribution in [-0.4, -0.2) is 28.7 Å². The summed E-state index contributed by atoms with van der Waals surface area (Å²) in [5.74, 6) is -1.03. The van der Waals surface area contributed by atoms with Gasteiger partial charge in [0.25, 0.3) is 5.91 Å². The summed E-state index contributed by atoms with van der Waals surface area (Å²) in [5.41, 5.74) is 0.637. The van der Waals surface area contributed by atoms with Gasteiger partial charge in [-0.15, -0.1) is 0 Å². The van der Waals surface area contributed by atoms with E-state index in [4.69, 9.17) is 16.0 Å². The Labute approximate surface area is 137 Å². The second-order valence-corrected chi connectivity index (χ2v) is 5.81. The number of rotatable bonds is 3. The highest BCUT2D eigenvalue weighted by Gasteiger charge is 2.42. The molecule has 118 valence electrons. The van der Waals surface area contributed by atoms with Gasteiger partial charge in [0.05, 0.1) is 11.6 Å². The van der Waals surface area contributed by atoms with Gasteiger partial charge < -0.3 is 14.4 Å². The minimum Gasteiger partial charge on any atom is -0.503 e. The number of aliphatic hydroxyl groups excluding tert-OH is 1. The molecule has 1 amide bonds. The first-order valence-corrected chi connectivity index (χ1v) is 7.35. The van der Waals surface area contributed by atoms with Crippen molar-refractivity contribution < 1.29 is 19.1 Å². The summed E-state index contributed by atoms with van der Waals surface area (Å²) >= 11 is 6.01. The summed E-state index contributed by atoms with van der Waals surface area (Å²) in [4.78, 5) is 26.1. The van der Waals surface area contributed by atoms with Crippen molar-refractivity contribution in [2.24, 2.45) is 0 Å². The Morgan fingerprint density at radius 3 is 2.65 bits per heavy atom. The van der Waals surface area contributed by atoms with E-state index in [2.05, 4.69) is 0 Å². The van der Waals surface area contributed by atoms with Crippen LogP contribution in [0, 0.1) is 6.92 Å². The molecule has 0 saturated heterocycles. The van der Waals surface area contributed by atoms with Crippen molar-refractivity contribution in [3.8, 4) is 0 Å². The van der Waals surface area contributed by atoms with E-state index in [1.165, 1.54) is 18.0 Å². The molecule has 0 aliphatic carbocycles.